The Kier molecular flexibility index (Phi) is 12.5. The normalized spacial score (nSPS) is 19.8. The number of ether oxygens (including phenoxy) is 1. The number of likely N-dealkylation sites (tertiary alicyclic amines) is 2. The zero-order chi connectivity index (χ0) is 29.2. The third kappa shape index (κ3) is 11.7. The Morgan fingerprint density at radius 3 is 2.31 bits per heavy atom. The number of hydrogen-bond donors (Lipinski definition) is 3. The van der Waals surface area contributed by atoms with Crippen LogP contribution in [0.5, 0.6) is 0 Å². The third-order valence-corrected chi connectivity index (χ3v) is 8.51. The van der Waals surface area contributed by atoms with Crippen LogP contribution in [-0.2, 0) is 29.1 Å². The van der Waals surface area contributed by atoms with Crippen LogP contribution >= 0.6 is 0 Å². The van der Waals surface area contributed by atoms with Gasteiger partial charge in [0.1, 0.15) is 11.6 Å². The number of carboxylic acid groups (broad SMARTS) is 1. The monoisotopic (exact) mass is 574 g/mol. The minimum Gasteiger partial charge on any atom is -0.480 e. The molecule has 0 aromatic rings. The average molecular weight is 575 g/mol. The van der Waals surface area contributed by atoms with Gasteiger partial charge in [0.25, 0.3) is 0 Å². The van der Waals surface area contributed by atoms with E-state index < -0.39 is 33.6 Å². The smallest absolute Gasteiger partial charge is 0.410 e. The van der Waals surface area contributed by atoms with Crippen molar-refractivity contribution in [3.8, 4) is 0 Å². The fourth-order valence-corrected chi connectivity index (χ4v) is 6.17. The molecule has 0 bridgehead atoms. The lowest BCUT2D eigenvalue weighted by Gasteiger charge is -2.34. The molecule has 2 fully saturated rings. The topological polar surface area (TPSA) is 162 Å². The van der Waals surface area contributed by atoms with Gasteiger partial charge < -0.3 is 25.0 Å². The van der Waals surface area contributed by atoms with E-state index in [1.54, 1.807) is 9.80 Å². The second-order valence-corrected chi connectivity index (χ2v) is 13.4. The molecule has 0 aliphatic carbocycles. The molecule has 0 aromatic carbocycles. The van der Waals surface area contributed by atoms with Gasteiger partial charge in [0, 0.05) is 39.1 Å². The van der Waals surface area contributed by atoms with Crippen molar-refractivity contribution in [2.45, 2.75) is 90.7 Å². The Bertz CT molecular complexity index is 957. The van der Waals surface area contributed by atoms with Crippen molar-refractivity contribution in [3.63, 3.8) is 0 Å². The van der Waals surface area contributed by atoms with Crippen LogP contribution in [0.1, 0.15) is 79.1 Å². The molecule has 39 heavy (non-hydrogen) atoms. The molecule has 3 amide bonds. The molecule has 2 aliphatic rings. The Hall–Kier alpha value is -2.41. The van der Waals surface area contributed by atoms with Crippen molar-refractivity contribution in [3.05, 3.63) is 0 Å². The first kappa shape index (κ1) is 32.8. The number of hydrogen-bond acceptors (Lipinski definition) is 7. The maximum Gasteiger partial charge on any atom is 0.410 e. The first-order chi connectivity index (χ1) is 18.2. The van der Waals surface area contributed by atoms with Crippen molar-refractivity contribution >= 4 is 33.9 Å². The quantitative estimate of drug-likeness (QED) is 0.318. The van der Waals surface area contributed by atoms with Crippen molar-refractivity contribution in [2.75, 3.05) is 38.5 Å². The summed E-state index contributed by atoms with van der Waals surface area (Å²) in [7, 11) is -3.77. The van der Waals surface area contributed by atoms with Gasteiger partial charge in [-0.15, -0.1) is 0 Å². The minimum atomic E-state index is -3.77. The summed E-state index contributed by atoms with van der Waals surface area (Å²) in [6, 6.07) is -1.46. The Morgan fingerprint density at radius 2 is 1.72 bits per heavy atom. The van der Waals surface area contributed by atoms with Gasteiger partial charge in [-0.3, -0.25) is 14.4 Å². The average Bonchev–Trinajstić information content (AvgIpc) is 2.87. The largest absolute Gasteiger partial charge is 0.480 e. The van der Waals surface area contributed by atoms with Crippen molar-refractivity contribution in [1.82, 2.24) is 19.8 Å². The fourth-order valence-electron chi connectivity index (χ4n) is 4.77. The maximum atomic E-state index is 12.9. The molecule has 12 nitrogen and oxygen atoms in total. The number of rotatable bonds is 12. The summed E-state index contributed by atoms with van der Waals surface area (Å²) in [5.41, 5.74) is -0.534. The van der Waals surface area contributed by atoms with Crippen LogP contribution in [-0.4, -0.2) is 97.3 Å². The summed E-state index contributed by atoms with van der Waals surface area (Å²) < 4.78 is 31.7. The number of carbonyl (C=O) groups excluding carboxylic acids is 3. The number of piperidine rings is 2. The molecule has 2 rings (SSSR count). The molecule has 0 saturated carbocycles. The lowest BCUT2D eigenvalue weighted by Crippen LogP contribution is -2.51. The van der Waals surface area contributed by atoms with E-state index in [2.05, 4.69) is 10.0 Å². The molecule has 0 unspecified atom stereocenters. The molecule has 224 valence electrons. The Labute approximate surface area is 232 Å². The number of carboxylic acids is 1. The van der Waals surface area contributed by atoms with Gasteiger partial charge in [0.2, 0.25) is 21.8 Å². The molecular weight excluding hydrogens is 528 g/mol. The summed E-state index contributed by atoms with van der Waals surface area (Å²) in [4.78, 5) is 52.8. The SMILES string of the molecule is CCCCS(=O)(=O)N[C@@H](CNC(=O)[C@@H]1CCCN(C(=O)CCC2CCN(C(=O)OC(C)(C)C)CC2)C1)C(=O)O. The number of aliphatic carboxylic acids is 1. The van der Waals surface area contributed by atoms with Gasteiger partial charge in [0.15, 0.2) is 0 Å². The minimum absolute atomic E-state index is 0.0193. The number of unbranched alkanes of at least 4 members (excludes halogenated alkanes) is 1. The summed E-state index contributed by atoms with van der Waals surface area (Å²) in [5.74, 6) is -2.09. The van der Waals surface area contributed by atoms with E-state index in [9.17, 15) is 32.7 Å². The standard InChI is InChI=1S/C26H46N4O8S/c1-5-6-16-39(36,37)28-21(24(33)34)17-27-23(32)20-8-7-13-30(18-20)22(31)10-9-19-11-14-29(15-12-19)25(35)38-26(2,3)4/h19-21,28H,5-18H2,1-4H3,(H,27,32)(H,33,34)/t20-,21+/m1/s1. The molecule has 2 atom stereocenters. The summed E-state index contributed by atoms with van der Waals surface area (Å²) >= 11 is 0. The van der Waals surface area contributed by atoms with Crippen molar-refractivity contribution < 1.29 is 37.4 Å². The first-order valence-corrected chi connectivity index (χ1v) is 15.6. The van der Waals surface area contributed by atoms with Crippen LogP contribution in [0.2, 0.25) is 0 Å². The van der Waals surface area contributed by atoms with Crippen LogP contribution in [0.3, 0.4) is 0 Å². The molecule has 0 spiro atoms. The fraction of sp³-hybridized carbons (Fsp3) is 0.846. The zero-order valence-corrected chi connectivity index (χ0v) is 24.6. The third-order valence-electron chi connectivity index (χ3n) is 7.04. The van der Waals surface area contributed by atoms with Gasteiger partial charge in [-0.1, -0.05) is 13.3 Å². The second-order valence-electron chi connectivity index (χ2n) is 11.6. The van der Waals surface area contributed by atoms with E-state index in [1.807, 2.05) is 27.7 Å². The van der Waals surface area contributed by atoms with Crippen LogP contribution < -0.4 is 10.0 Å². The Balaban J connectivity index is 1.77. The van der Waals surface area contributed by atoms with Gasteiger partial charge in [0.05, 0.1) is 11.7 Å². The van der Waals surface area contributed by atoms with Crippen molar-refractivity contribution in [2.24, 2.45) is 11.8 Å². The molecule has 2 aliphatic heterocycles. The predicted octanol–water partition coefficient (Wildman–Crippen LogP) is 1.94. The highest BCUT2D eigenvalue weighted by molar-refractivity contribution is 7.89. The summed E-state index contributed by atoms with van der Waals surface area (Å²) in [5, 5.41) is 12.0. The highest BCUT2D eigenvalue weighted by Gasteiger charge is 2.31. The van der Waals surface area contributed by atoms with Crippen molar-refractivity contribution in [1.29, 1.82) is 0 Å². The van der Waals surface area contributed by atoms with Crippen LogP contribution in [0.15, 0.2) is 0 Å². The van der Waals surface area contributed by atoms with E-state index >= 15 is 0 Å². The second kappa shape index (κ2) is 14.8. The van der Waals surface area contributed by atoms with E-state index in [0.717, 1.165) is 12.8 Å². The van der Waals surface area contributed by atoms with Gasteiger partial charge in [-0.25, -0.2) is 13.2 Å². The molecule has 13 heteroatoms. The van der Waals surface area contributed by atoms with E-state index in [0.29, 0.717) is 64.1 Å². The molecule has 3 N–H and O–H groups in total. The predicted molar refractivity (Wildman–Crippen MR) is 145 cm³/mol. The first-order valence-electron chi connectivity index (χ1n) is 14.0. The molecule has 0 aromatic heterocycles. The number of nitrogens with zero attached hydrogens (tertiary/aromatic N) is 2. The maximum absolute atomic E-state index is 12.9. The number of carbonyl (C=O) groups is 4. The van der Waals surface area contributed by atoms with Gasteiger partial charge >= 0.3 is 12.1 Å². The lowest BCUT2D eigenvalue weighted by molar-refractivity contribution is -0.139. The summed E-state index contributed by atoms with van der Waals surface area (Å²) in [6.07, 6.45) is 4.68. The highest BCUT2D eigenvalue weighted by atomic mass is 32.2. The van der Waals surface area contributed by atoms with E-state index in [-0.39, 0.29) is 36.7 Å². The van der Waals surface area contributed by atoms with E-state index in [1.165, 1.54) is 0 Å². The molecule has 0 radical (unpaired) electrons. The lowest BCUT2D eigenvalue weighted by atomic mass is 9.91. The summed E-state index contributed by atoms with van der Waals surface area (Å²) in [6.45, 7) is 9.00. The van der Waals surface area contributed by atoms with Gasteiger partial charge in [-0.2, -0.15) is 4.72 Å². The Morgan fingerprint density at radius 1 is 1.05 bits per heavy atom. The molecule has 2 saturated heterocycles. The van der Waals surface area contributed by atoms with Crippen LogP contribution in [0.25, 0.3) is 0 Å². The van der Waals surface area contributed by atoms with Crippen LogP contribution in [0, 0.1) is 11.8 Å². The highest BCUT2D eigenvalue weighted by Crippen LogP contribution is 2.25. The number of amides is 3. The number of nitrogens with one attached hydrogen (secondary N) is 2. The van der Waals surface area contributed by atoms with Crippen LogP contribution in [0.4, 0.5) is 4.79 Å². The number of sulfonamides is 1. The molecule has 2 heterocycles. The molecular formula is C26H46N4O8S. The van der Waals surface area contributed by atoms with E-state index in [4.69, 9.17) is 4.74 Å². The van der Waals surface area contributed by atoms with Gasteiger partial charge in [-0.05, 0) is 65.2 Å². The zero-order valence-electron chi connectivity index (χ0n) is 23.7.